The van der Waals surface area contributed by atoms with Gasteiger partial charge in [0, 0.05) is 22.6 Å². The van der Waals surface area contributed by atoms with Gasteiger partial charge in [-0.25, -0.2) is 0 Å². The van der Waals surface area contributed by atoms with E-state index in [1.54, 1.807) is 6.07 Å². The molecule has 2 aromatic rings. The van der Waals surface area contributed by atoms with E-state index in [-0.39, 0.29) is 0 Å². The molecule has 0 aliphatic carbocycles. The van der Waals surface area contributed by atoms with Crippen LogP contribution >= 0.6 is 0 Å². The summed E-state index contributed by atoms with van der Waals surface area (Å²) in [5.74, 6) is 0. The molecule has 0 unspecified atom stereocenters. The van der Waals surface area contributed by atoms with Gasteiger partial charge < -0.3 is 17.2 Å². The third-order valence-electron chi connectivity index (χ3n) is 2.30. The van der Waals surface area contributed by atoms with Gasteiger partial charge in [0.1, 0.15) is 0 Å². The largest absolute Gasteiger partial charge is 0.399 e. The fraction of sp³-hybridized carbons (Fsp3) is 0.143. The summed E-state index contributed by atoms with van der Waals surface area (Å²) < 4.78 is 0. The van der Waals surface area contributed by atoms with Crippen LogP contribution in [0, 0.1) is 0 Å². The normalized spacial score (nSPS) is 9.29. The van der Waals surface area contributed by atoms with Gasteiger partial charge in [0.25, 0.3) is 0 Å². The van der Waals surface area contributed by atoms with Crippen LogP contribution in [0.1, 0.15) is 13.8 Å². The van der Waals surface area contributed by atoms with Crippen molar-refractivity contribution in [2.75, 3.05) is 17.2 Å². The highest BCUT2D eigenvalue weighted by Crippen LogP contribution is 2.27. The van der Waals surface area contributed by atoms with E-state index in [4.69, 9.17) is 17.2 Å². The molecule has 0 atom stereocenters. The van der Waals surface area contributed by atoms with Crippen molar-refractivity contribution in [3.05, 3.63) is 42.5 Å². The van der Waals surface area contributed by atoms with Gasteiger partial charge in [-0.1, -0.05) is 32.0 Å². The highest BCUT2D eigenvalue weighted by atomic mass is 14.6. The van der Waals surface area contributed by atoms with E-state index in [9.17, 15) is 0 Å². The average molecular weight is 229 g/mol. The van der Waals surface area contributed by atoms with Crippen molar-refractivity contribution in [3.63, 3.8) is 0 Å². The second-order valence-corrected chi connectivity index (χ2v) is 3.47. The van der Waals surface area contributed by atoms with Gasteiger partial charge in [0.15, 0.2) is 0 Å². The Morgan fingerprint density at radius 3 is 1.76 bits per heavy atom. The van der Waals surface area contributed by atoms with E-state index < -0.39 is 0 Å². The fourth-order valence-corrected chi connectivity index (χ4v) is 1.51. The number of benzene rings is 2. The molecule has 90 valence electrons. The number of hydrogen-bond acceptors (Lipinski definition) is 3. The molecule has 0 aliphatic heterocycles. The summed E-state index contributed by atoms with van der Waals surface area (Å²) in [6.45, 7) is 4.00. The second-order valence-electron chi connectivity index (χ2n) is 3.47. The first kappa shape index (κ1) is 12.9. The summed E-state index contributed by atoms with van der Waals surface area (Å²) in [7, 11) is 0. The van der Waals surface area contributed by atoms with Crippen molar-refractivity contribution in [3.8, 4) is 11.1 Å². The molecule has 2 aromatic carbocycles. The molecule has 17 heavy (non-hydrogen) atoms. The van der Waals surface area contributed by atoms with Gasteiger partial charge in [-0.05, 0) is 29.8 Å². The molecule has 0 amide bonds. The van der Waals surface area contributed by atoms with Gasteiger partial charge in [0.2, 0.25) is 0 Å². The predicted molar refractivity (Wildman–Crippen MR) is 76.5 cm³/mol. The molecule has 6 N–H and O–H groups in total. The lowest BCUT2D eigenvalue weighted by molar-refractivity contribution is 1.50. The number of hydrogen-bond donors (Lipinski definition) is 3. The number of anilines is 3. The molecule has 0 fully saturated rings. The number of nitrogens with two attached hydrogens (primary N) is 3. The van der Waals surface area contributed by atoms with Crippen LogP contribution < -0.4 is 17.2 Å². The van der Waals surface area contributed by atoms with Crippen LogP contribution in [0.2, 0.25) is 0 Å². The summed E-state index contributed by atoms with van der Waals surface area (Å²) in [6.07, 6.45) is 0. The average Bonchev–Trinajstić information content (AvgIpc) is 2.33. The fourth-order valence-electron chi connectivity index (χ4n) is 1.51. The Balaban J connectivity index is 0.000000686. The van der Waals surface area contributed by atoms with E-state index >= 15 is 0 Å². The third-order valence-corrected chi connectivity index (χ3v) is 2.30. The zero-order chi connectivity index (χ0) is 12.8. The molecule has 0 radical (unpaired) electrons. The Morgan fingerprint density at radius 2 is 1.24 bits per heavy atom. The minimum atomic E-state index is 0.673. The monoisotopic (exact) mass is 229 g/mol. The zero-order valence-corrected chi connectivity index (χ0v) is 10.3. The molecule has 3 nitrogen and oxygen atoms in total. The van der Waals surface area contributed by atoms with Crippen molar-refractivity contribution >= 4 is 17.1 Å². The van der Waals surface area contributed by atoms with Gasteiger partial charge in [-0.3, -0.25) is 0 Å². The summed E-state index contributed by atoms with van der Waals surface area (Å²) in [4.78, 5) is 0. The minimum Gasteiger partial charge on any atom is -0.399 e. The van der Waals surface area contributed by atoms with Crippen molar-refractivity contribution in [2.24, 2.45) is 0 Å². The first-order valence-electron chi connectivity index (χ1n) is 5.68. The molecular formula is C14H19N3. The van der Waals surface area contributed by atoms with Crippen LogP contribution in [0.3, 0.4) is 0 Å². The van der Waals surface area contributed by atoms with Crippen LogP contribution in [0.25, 0.3) is 11.1 Å². The molecule has 3 heteroatoms. The highest BCUT2D eigenvalue weighted by Gasteiger charge is 2.02. The van der Waals surface area contributed by atoms with Crippen molar-refractivity contribution in [1.82, 2.24) is 0 Å². The smallest absolute Gasteiger partial charge is 0.0414 e. The minimum absolute atomic E-state index is 0.673. The highest BCUT2D eigenvalue weighted by molar-refractivity contribution is 5.79. The van der Waals surface area contributed by atoms with Crippen molar-refractivity contribution < 1.29 is 0 Å². The molecule has 0 heterocycles. The molecule has 0 saturated carbocycles. The summed E-state index contributed by atoms with van der Waals surface area (Å²) in [5, 5.41) is 0. The summed E-state index contributed by atoms with van der Waals surface area (Å²) in [5.41, 5.74) is 21.2. The van der Waals surface area contributed by atoms with Crippen LogP contribution in [-0.2, 0) is 0 Å². The predicted octanol–water partition coefficient (Wildman–Crippen LogP) is 3.13. The Morgan fingerprint density at radius 1 is 0.706 bits per heavy atom. The Labute approximate surface area is 102 Å². The van der Waals surface area contributed by atoms with Gasteiger partial charge in [-0.15, -0.1) is 0 Å². The molecule has 2 rings (SSSR count). The molecule has 0 aliphatic rings. The maximum absolute atomic E-state index is 5.88. The maximum Gasteiger partial charge on any atom is 0.0414 e. The van der Waals surface area contributed by atoms with E-state index in [1.165, 1.54) is 0 Å². The van der Waals surface area contributed by atoms with Gasteiger partial charge in [-0.2, -0.15) is 0 Å². The number of rotatable bonds is 1. The van der Waals surface area contributed by atoms with E-state index in [0.29, 0.717) is 11.4 Å². The Bertz CT molecular complexity index is 475. The maximum atomic E-state index is 5.88. The van der Waals surface area contributed by atoms with E-state index in [0.717, 1.165) is 16.8 Å². The Hall–Kier alpha value is -2.16. The first-order chi connectivity index (χ1) is 8.16. The van der Waals surface area contributed by atoms with Crippen LogP contribution in [-0.4, -0.2) is 0 Å². The molecule has 0 saturated heterocycles. The first-order valence-corrected chi connectivity index (χ1v) is 5.68. The van der Waals surface area contributed by atoms with Crippen molar-refractivity contribution in [1.29, 1.82) is 0 Å². The van der Waals surface area contributed by atoms with Gasteiger partial charge >= 0.3 is 0 Å². The lowest BCUT2D eigenvalue weighted by Gasteiger charge is -2.06. The lowest BCUT2D eigenvalue weighted by atomic mass is 10.0. The Kier molecular flexibility index (Phi) is 4.40. The summed E-state index contributed by atoms with van der Waals surface area (Å²) >= 11 is 0. The van der Waals surface area contributed by atoms with Crippen LogP contribution in [0.5, 0.6) is 0 Å². The molecule has 0 aromatic heterocycles. The third kappa shape index (κ3) is 3.14. The summed E-state index contributed by atoms with van der Waals surface area (Å²) in [6, 6.07) is 13.1. The molecule has 0 spiro atoms. The van der Waals surface area contributed by atoms with Crippen LogP contribution in [0.15, 0.2) is 42.5 Å². The topological polar surface area (TPSA) is 78.1 Å². The second kappa shape index (κ2) is 5.80. The molecule has 0 bridgehead atoms. The van der Waals surface area contributed by atoms with E-state index in [1.807, 2.05) is 50.2 Å². The SMILES string of the molecule is CC.Nc1ccc(-c2ccc(N)cc2N)cc1. The van der Waals surface area contributed by atoms with Crippen molar-refractivity contribution in [2.45, 2.75) is 13.8 Å². The molecular weight excluding hydrogens is 210 g/mol. The standard InChI is InChI=1S/C12H13N3.C2H6/c13-9-3-1-8(2-4-9)11-6-5-10(14)7-12(11)15;1-2/h1-7H,13-15H2;1-2H3. The number of nitrogen functional groups attached to an aromatic ring is 3. The quantitative estimate of drug-likeness (QED) is 0.657. The van der Waals surface area contributed by atoms with E-state index in [2.05, 4.69) is 0 Å². The zero-order valence-electron chi connectivity index (χ0n) is 10.3. The van der Waals surface area contributed by atoms with Crippen LogP contribution in [0.4, 0.5) is 17.1 Å². The lowest BCUT2D eigenvalue weighted by Crippen LogP contribution is -1.93. The van der Waals surface area contributed by atoms with Gasteiger partial charge in [0.05, 0.1) is 0 Å².